The van der Waals surface area contributed by atoms with E-state index in [0.717, 1.165) is 71.0 Å². The number of hydrogen-bond acceptors (Lipinski definition) is 5. The van der Waals surface area contributed by atoms with Crippen molar-refractivity contribution in [2.24, 2.45) is 11.8 Å². The first-order valence-electron chi connectivity index (χ1n) is 12.6. The van der Waals surface area contributed by atoms with Crippen LogP contribution in [-0.4, -0.2) is 57.4 Å². The van der Waals surface area contributed by atoms with Gasteiger partial charge in [-0.3, -0.25) is 23.5 Å². The Kier molecular flexibility index (Phi) is 7.91. The molecule has 0 spiro atoms. The highest BCUT2D eigenvalue weighted by molar-refractivity contribution is 7.17. The van der Waals surface area contributed by atoms with Gasteiger partial charge in [-0.25, -0.2) is 4.79 Å². The van der Waals surface area contributed by atoms with Crippen LogP contribution in [-0.2, 0) is 22.7 Å². The van der Waals surface area contributed by atoms with Gasteiger partial charge in [-0.1, -0.05) is 13.3 Å². The van der Waals surface area contributed by atoms with Crippen LogP contribution in [0.4, 0.5) is 0 Å². The lowest BCUT2D eigenvalue weighted by Crippen LogP contribution is -2.44. The number of nitrogens with zero attached hydrogens (tertiary/aromatic N) is 4. The summed E-state index contributed by atoms with van der Waals surface area (Å²) < 4.78 is 3.33. The molecule has 4 rings (SSSR count). The van der Waals surface area contributed by atoms with Crippen molar-refractivity contribution in [2.75, 3.05) is 26.7 Å². The molecule has 9 heteroatoms. The highest BCUT2D eigenvalue weighted by Gasteiger charge is 2.29. The van der Waals surface area contributed by atoms with E-state index in [1.54, 1.807) is 16.3 Å². The standard InChI is InChI=1S/C25H36N4O4S/c1-3-4-12-26(2)23(31)19-9-7-18(8-10-19)16-29-24(32)22-20(11-15-34-22)28(25(29)33)17-21(30)27-13-5-6-14-27/h11,15,18-19H,3-10,12-14,16-17H2,1-2H3. The molecule has 1 saturated heterocycles. The molecule has 0 aromatic carbocycles. The number of aromatic nitrogens is 2. The molecule has 2 aromatic rings. The molecule has 1 aliphatic carbocycles. The van der Waals surface area contributed by atoms with E-state index in [9.17, 15) is 19.2 Å². The van der Waals surface area contributed by atoms with E-state index in [4.69, 9.17) is 0 Å². The quantitative estimate of drug-likeness (QED) is 0.572. The SMILES string of the molecule is CCCCN(C)C(=O)C1CCC(Cn2c(=O)c3sccc3n(CC(=O)N3CCCC3)c2=O)CC1. The summed E-state index contributed by atoms with van der Waals surface area (Å²) in [5.74, 6) is 0.357. The lowest BCUT2D eigenvalue weighted by Gasteiger charge is -2.30. The van der Waals surface area contributed by atoms with Crippen LogP contribution in [0.15, 0.2) is 21.0 Å². The summed E-state index contributed by atoms with van der Waals surface area (Å²) in [6.45, 7) is 4.69. The van der Waals surface area contributed by atoms with Gasteiger partial charge in [0.2, 0.25) is 11.8 Å². The number of unbranched alkanes of at least 4 members (excludes halogenated alkanes) is 1. The highest BCUT2D eigenvalue weighted by atomic mass is 32.1. The number of fused-ring (bicyclic) bond motifs is 1. The van der Waals surface area contributed by atoms with E-state index in [1.807, 2.05) is 11.9 Å². The van der Waals surface area contributed by atoms with Gasteiger partial charge in [-0.2, -0.15) is 0 Å². The Bertz CT molecular complexity index is 1140. The molecule has 1 saturated carbocycles. The second kappa shape index (κ2) is 10.9. The molecule has 2 aromatic heterocycles. The average Bonchev–Trinajstić information content (AvgIpc) is 3.55. The van der Waals surface area contributed by atoms with Gasteiger partial charge in [-0.05, 0) is 62.3 Å². The van der Waals surface area contributed by atoms with Crippen LogP contribution in [0.3, 0.4) is 0 Å². The van der Waals surface area contributed by atoms with Gasteiger partial charge < -0.3 is 9.80 Å². The number of likely N-dealkylation sites (tertiary alicyclic amines) is 1. The summed E-state index contributed by atoms with van der Waals surface area (Å²) in [7, 11) is 1.88. The fourth-order valence-electron chi connectivity index (χ4n) is 5.32. The molecule has 2 fully saturated rings. The van der Waals surface area contributed by atoms with Gasteiger partial charge in [0, 0.05) is 39.1 Å². The summed E-state index contributed by atoms with van der Waals surface area (Å²) in [5, 5.41) is 1.80. The molecule has 0 bridgehead atoms. The van der Waals surface area contributed by atoms with Gasteiger partial charge in [0.15, 0.2) is 0 Å². The maximum atomic E-state index is 13.4. The van der Waals surface area contributed by atoms with Crippen molar-refractivity contribution in [3.05, 3.63) is 32.3 Å². The fourth-order valence-corrected chi connectivity index (χ4v) is 6.16. The molecule has 8 nitrogen and oxygen atoms in total. The molecular formula is C25H36N4O4S. The molecule has 3 heterocycles. The van der Waals surface area contributed by atoms with E-state index in [0.29, 0.717) is 16.8 Å². The van der Waals surface area contributed by atoms with Crippen molar-refractivity contribution in [3.8, 4) is 0 Å². The number of thiophene rings is 1. The van der Waals surface area contributed by atoms with Crippen molar-refractivity contribution < 1.29 is 9.59 Å². The molecule has 34 heavy (non-hydrogen) atoms. The van der Waals surface area contributed by atoms with Crippen molar-refractivity contribution in [1.29, 1.82) is 0 Å². The normalized spacial score (nSPS) is 20.7. The Morgan fingerprint density at radius 1 is 1.09 bits per heavy atom. The van der Waals surface area contributed by atoms with Crippen LogP contribution in [0.25, 0.3) is 10.2 Å². The third-order valence-electron chi connectivity index (χ3n) is 7.45. The summed E-state index contributed by atoms with van der Waals surface area (Å²) >= 11 is 1.32. The molecule has 186 valence electrons. The number of carbonyl (C=O) groups excluding carboxylic acids is 2. The number of rotatable bonds is 8. The Morgan fingerprint density at radius 2 is 1.79 bits per heavy atom. The topological polar surface area (TPSA) is 84.6 Å². The fraction of sp³-hybridized carbons (Fsp3) is 0.680. The summed E-state index contributed by atoms with van der Waals surface area (Å²) in [5.41, 5.74) is -0.119. The third-order valence-corrected chi connectivity index (χ3v) is 8.34. The lowest BCUT2D eigenvalue weighted by molar-refractivity contribution is -0.135. The maximum absolute atomic E-state index is 13.4. The first-order chi connectivity index (χ1) is 16.4. The highest BCUT2D eigenvalue weighted by Crippen LogP contribution is 2.31. The zero-order valence-corrected chi connectivity index (χ0v) is 21.1. The van der Waals surface area contributed by atoms with Crippen LogP contribution in [0, 0.1) is 11.8 Å². The van der Waals surface area contributed by atoms with E-state index in [-0.39, 0.29) is 35.8 Å². The molecule has 1 aliphatic heterocycles. The predicted molar refractivity (Wildman–Crippen MR) is 134 cm³/mol. The summed E-state index contributed by atoms with van der Waals surface area (Å²) in [4.78, 5) is 55.7. The molecular weight excluding hydrogens is 452 g/mol. The van der Waals surface area contributed by atoms with Crippen LogP contribution >= 0.6 is 11.3 Å². The third kappa shape index (κ3) is 5.14. The minimum absolute atomic E-state index is 0.0301. The number of carbonyl (C=O) groups is 2. The maximum Gasteiger partial charge on any atom is 0.332 e. The Morgan fingerprint density at radius 3 is 2.47 bits per heavy atom. The molecule has 2 amide bonds. The van der Waals surface area contributed by atoms with Crippen LogP contribution in [0.5, 0.6) is 0 Å². The smallest absolute Gasteiger partial charge is 0.332 e. The van der Waals surface area contributed by atoms with Gasteiger partial charge >= 0.3 is 5.69 Å². The van der Waals surface area contributed by atoms with Crippen molar-refractivity contribution in [3.63, 3.8) is 0 Å². The van der Waals surface area contributed by atoms with Crippen LogP contribution in [0.1, 0.15) is 58.3 Å². The second-order valence-electron chi connectivity index (χ2n) is 9.84. The van der Waals surface area contributed by atoms with Gasteiger partial charge in [0.25, 0.3) is 5.56 Å². The van der Waals surface area contributed by atoms with Crippen molar-refractivity contribution >= 4 is 33.4 Å². The van der Waals surface area contributed by atoms with E-state index < -0.39 is 5.69 Å². The lowest BCUT2D eigenvalue weighted by atomic mass is 9.81. The predicted octanol–water partition coefficient (Wildman–Crippen LogP) is 2.91. The Labute approximate surface area is 204 Å². The van der Waals surface area contributed by atoms with Crippen molar-refractivity contribution in [2.45, 2.75) is 71.4 Å². The van der Waals surface area contributed by atoms with E-state index in [1.165, 1.54) is 20.5 Å². The zero-order chi connectivity index (χ0) is 24.2. The number of amides is 2. The van der Waals surface area contributed by atoms with Gasteiger partial charge in [0.05, 0.1) is 5.52 Å². The van der Waals surface area contributed by atoms with Gasteiger partial charge in [0.1, 0.15) is 11.2 Å². The Hall–Kier alpha value is -2.42. The zero-order valence-electron chi connectivity index (χ0n) is 20.3. The minimum Gasteiger partial charge on any atom is -0.346 e. The minimum atomic E-state index is -0.402. The largest absolute Gasteiger partial charge is 0.346 e. The van der Waals surface area contributed by atoms with Crippen LogP contribution < -0.4 is 11.2 Å². The summed E-state index contributed by atoms with van der Waals surface area (Å²) in [6.07, 6.45) is 7.28. The molecule has 2 aliphatic rings. The molecule has 0 N–H and O–H groups in total. The average molecular weight is 489 g/mol. The second-order valence-corrected chi connectivity index (χ2v) is 10.8. The van der Waals surface area contributed by atoms with E-state index >= 15 is 0 Å². The van der Waals surface area contributed by atoms with Crippen molar-refractivity contribution in [1.82, 2.24) is 18.9 Å². The first kappa shape index (κ1) is 24.7. The van der Waals surface area contributed by atoms with E-state index in [2.05, 4.69) is 6.92 Å². The monoisotopic (exact) mass is 488 g/mol. The number of hydrogen-bond donors (Lipinski definition) is 0. The summed E-state index contributed by atoms with van der Waals surface area (Å²) in [6, 6.07) is 1.76. The van der Waals surface area contributed by atoms with Crippen LogP contribution in [0.2, 0.25) is 0 Å². The molecule has 0 unspecified atom stereocenters. The first-order valence-corrected chi connectivity index (χ1v) is 13.5. The Balaban J connectivity index is 1.48. The molecule has 0 atom stereocenters. The molecule has 0 radical (unpaired) electrons. The van der Waals surface area contributed by atoms with Gasteiger partial charge in [-0.15, -0.1) is 11.3 Å².